The molecule has 1 aromatic heterocycles. The van der Waals surface area contributed by atoms with E-state index < -0.39 is 5.97 Å². The first kappa shape index (κ1) is 13.6. The van der Waals surface area contributed by atoms with Gasteiger partial charge in [0, 0.05) is 10.4 Å². The Hall–Kier alpha value is -1.78. The quantitative estimate of drug-likeness (QED) is 0.866. The first-order valence-electron chi connectivity index (χ1n) is 5.45. The molecule has 0 unspecified atom stereocenters. The van der Waals surface area contributed by atoms with Gasteiger partial charge >= 0.3 is 5.97 Å². The summed E-state index contributed by atoms with van der Waals surface area (Å²) in [6.45, 7) is 0. The van der Waals surface area contributed by atoms with E-state index in [-0.39, 0.29) is 5.57 Å². The van der Waals surface area contributed by atoms with Gasteiger partial charge in [-0.1, -0.05) is 23.7 Å². The van der Waals surface area contributed by atoms with Gasteiger partial charge < -0.3 is 9.84 Å². The van der Waals surface area contributed by atoms with Gasteiger partial charge in [-0.05, 0) is 29.7 Å². The van der Waals surface area contributed by atoms with Gasteiger partial charge in [-0.3, -0.25) is 0 Å². The minimum absolute atomic E-state index is 0.196. The smallest absolute Gasteiger partial charge is 0.337 e. The van der Waals surface area contributed by atoms with Crippen molar-refractivity contribution in [3.63, 3.8) is 0 Å². The van der Waals surface area contributed by atoms with Gasteiger partial charge in [-0.25, -0.2) is 4.79 Å². The zero-order valence-electron chi connectivity index (χ0n) is 10.1. The Balaban J connectivity index is 2.57. The number of methoxy groups -OCH3 is 1. The molecule has 0 atom stereocenters. The SMILES string of the molecule is COc1cccc(Cl)c1/C=C(/C(=O)O)c1cccs1. The molecule has 0 aliphatic heterocycles. The van der Waals surface area contributed by atoms with Gasteiger partial charge in [-0.2, -0.15) is 0 Å². The molecule has 2 aromatic rings. The molecule has 5 heteroatoms. The lowest BCUT2D eigenvalue weighted by Crippen LogP contribution is -1.98. The molecule has 0 saturated carbocycles. The molecule has 98 valence electrons. The summed E-state index contributed by atoms with van der Waals surface area (Å²) in [6.07, 6.45) is 1.54. The summed E-state index contributed by atoms with van der Waals surface area (Å²) >= 11 is 7.47. The number of carboxylic acid groups (broad SMARTS) is 1. The highest BCUT2D eigenvalue weighted by molar-refractivity contribution is 7.11. The fraction of sp³-hybridized carbons (Fsp3) is 0.0714. The fourth-order valence-corrected chi connectivity index (χ4v) is 2.60. The van der Waals surface area contributed by atoms with Gasteiger partial charge in [0.1, 0.15) is 5.75 Å². The number of rotatable bonds is 4. The zero-order chi connectivity index (χ0) is 13.8. The minimum Gasteiger partial charge on any atom is -0.496 e. The van der Waals surface area contributed by atoms with Crippen LogP contribution in [0.1, 0.15) is 10.4 Å². The van der Waals surface area contributed by atoms with Crippen LogP contribution >= 0.6 is 22.9 Å². The van der Waals surface area contributed by atoms with Crippen LogP contribution in [0.5, 0.6) is 5.75 Å². The van der Waals surface area contributed by atoms with E-state index in [4.69, 9.17) is 16.3 Å². The van der Waals surface area contributed by atoms with E-state index in [1.165, 1.54) is 24.5 Å². The predicted octanol–water partition coefficient (Wildman–Crippen LogP) is 4.04. The molecule has 0 spiro atoms. The largest absolute Gasteiger partial charge is 0.496 e. The van der Waals surface area contributed by atoms with Crippen LogP contribution in [0, 0.1) is 0 Å². The summed E-state index contributed by atoms with van der Waals surface area (Å²) in [6, 6.07) is 8.76. The van der Waals surface area contributed by atoms with E-state index >= 15 is 0 Å². The summed E-state index contributed by atoms with van der Waals surface area (Å²) in [5, 5.41) is 11.6. The normalized spacial score (nSPS) is 11.4. The average molecular weight is 295 g/mol. The highest BCUT2D eigenvalue weighted by atomic mass is 35.5. The topological polar surface area (TPSA) is 46.5 Å². The molecule has 1 heterocycles. The standard InChI is InChI=1S/C14H11ClO3S/c1-18-12-5-2-4-11(15)9(12)8-10(14(16)17)13-6-3-7-19-13/h2-8H,1H3,(H,16,17)/b10-8+. The molecule has 0 saturated heterocycles. The van der Waals surface area contributed by atoms with Gasteiger partial charge in [-0.15, -0.1) is 11.3 Å². The van der Waals surface area contributed by atoms with Crippen LogP contribution in [0.2, 0.25) is 5.02 Å². The summed E-state index contributed by atoms with van der Waals surface area (Å²) in [4.78, 5) is 12.0. The van der Waals surface area contributed by atoms with Gasteiger partial charge in [0.15, 0.2) is 0 Å². The predicted molar refractivity (Wildman–Crippen MR) is 77.8 cm³/mol. The zero-order valence-corrected chi connectivity index (χ0v) is 11.7. The van der Waals surface area contributed by atoms with Crippen LogP contribution in [-0.4, -0.2) is 18.2 Å². The van der Waals surface area contributed by atoms with Crippen molar-refractivity contribution in [2.75, 3.05) is 7.11 Å². The molecule has 3 nitrogen and oxygen atoms in total. The van der Waals surface area contributed by atoms with Crippen molar-refractivity contribution in [3.05, 3.63) is 51.2 Å². The number of hydrogen-bond donors (Lipinski definition) is 1. The molecule has 0 bridgehead atoms. The lowest BCUT2D eigenvalue weighted by atomic mass is 10.1. The number of carbonyl (C=O) groups is 1. The Morgan fingerprint density at radius 1 is 1.37 bits per heavy atom. The van der Waals surface area contributed by atoms with Gasteiger partial charge in [0.05, 0.1) is 17.7 Å². The van der Waals surface area contributed by atoms with Crippen molar-refractivity contribution in [2.24, 2.45) is 0 Å². The lowest BCUT2D eigenvalue weighted by molar-refractivity contribution is -0.130. The Morgan fingerprint density at radius 3 is 2.74 bits per heavy atom. The van der Waals surface area contributed by atoms with Crippen LogP contribution in [-0.2, 0) is 4.79 Å². The van der Waals surface area contributed by atoms with E-state index in [1.807, 2.05) is 5.38 Å². The highest BCUT2D eigenvalue weighted by Crippen LogP contribution is 2.31. The van der Waals surface area contributed by atoms with Crippen molar-refractivity contribution in [3.8, 4) is 5.75 Å². The molecular formula is C14H11ClO3S. The number of benzene rings is 1. The number of ether oxygens (including phenoxy) is 1. The van der Waals surface area contributed by atoms with Crippen molar-refractivity contribution in [1.29, 1.82) is 0 Å². The molecule has 0 amide bonds. The Kier molecular flexibility index (Phi) is 4.24. The van der Waals surface area contributed by atoms with Crippen molar-refractivity contribution in [1.82, 2.24) is 0 Å². The van der Waals surface area contributed by atoms with Crippen LogP contribution < -0.4 is 4.74 Å². The van der Waals surface area contributed by atoms with Crippen LogP contribution in [0.25, 0.3) is 11.6 Å². The number of hydrogen-bond acceptors (Lipinski definition) is 3. The number of carboxylic acids is 1. The lowest BCUT2D eigenvalue weighted by Gasteiger charge is -2.07. The Labute approximate surface area is 119 Å². The second-order valence-corrected chi connectivity index (χ2v) is 5.05. The summed E-state index contributed by atoms with van der Waals surface area (Å²) in [7, 11) is 1.52. The average Bonchev–Trinajstić information content (AvgIpc) is 2.90. The van der Waals surface area contributed by atoms with E-state index in [1.54, 1.807) is 30.3 Å². The van der Waals surface area contributed by atoms with E-state index in [0.29, 0.717) is 21.2 Å². The number of aliphatic carboxylic acids is 1. The van der Waals surface area contributed by atoms with Crippen LogP contribution in [0.4, 0.5) is 0 Å². The van der Waals surface area contributed by atoms with E-state index in [9.17, 15) is 9.90 Å². The molecule has 1 N–H and O–H groups in total. The first-order chi connectivity index (χ1) is 9.13. The Morgan fingerprint density at radius 2 is 2.16 bits per heavy atom. The van der Waals surface area contributed by atoms with Crippen molar-refractivity contribution < 1.29 is 14.6 Å². The second-order valence-electron chi connectivity index (χ2n) is 3.70. The molecular weight excluding hydrogens is 284 g/mol. The van der Waals surface area contributed by atoms with E-state index in [0.717, 1.165) is 0 Å². The number of halogens is 1. The molecule has 0 radical (unpaired) electrons. The molecule has 0 aliphatic rings. The molecule has 2 rings (SSSR count). The third-order valence-corrected chi connectivity index (χ3v) is 3.77. The monoisotopic (exact) mass is 294 g/mol. The molecule has 19 heavy (non-hydrogen) atoms. The first-order valence-corrected chi connectivity index (χ1v) is 6.70. The second kappa shape index (κ2) is 5.91. The fourth-order valence-electron chi connectivity index (χ4n) is 1.65. The van der Waals surface area contributed by atoms with Crippen molar-refractivity contribution in [2.45, 2.75) is 0 Å². The third-order valence-electron chi connectivity index (χ3n) is 2.54. The molecule has 1 aromatic carbocycles. The summed E-state index contributed by atoms with van der Waals surface area (Å²) in [5.74, 6) is -0.452. The van der Waals surface area contributed by atoms with Crippen LogP contribution in [0.15, 0.2) is 35.7 Å². The van der Waals surface area contributed by atoms with Crippen LogP contribution in [0.3, 0.4) is 0 Å². The maximum atomic E-state index is 11.4. The van der Waals surface area contributed by atoms with Crippen molar-refractivity contribution >= 4 is 40.6 Å². The maximum Gasteiger partial charge on any atom is 0.337 e. The molecule has 0 aliphatic carbocycles. The van der Waals surface area contributed by atoms with E-state index in [2.05, 4.69) is 0 Å². The van der Waals surface area contributed by atoms with Gasteiger partial charge in [0.2, 0.25) is 0 Å². The van der Waals surface area contributed by atoms with Gasteiger partial charge in [0.25, 0.3) is 0 Å². The summed E-state index contributed by atoms with van der Waals surface area (Å²) in [5.41, 5.74) is 0.763. The maximum absolute atomic E-state index is 11.4. The highest BCUT2D eigenvalue weighted by Gasteiger charge is 2.14. The third kappa shape index (κ3) is 2.97. The minimum atomic E-state index is -0.996. The number of thiophene rings is 1. The Bertz CT molecular complexity index is 618. The molecule has 0 fully saturated rings. The summed E-state index contributed by atoms with van der Waals surface area (Å²) < 4.78 is 5.21.